The summed E-state index contributed by atoms with van der Waals surface area (Å²) >= 11 is 0. The fourth-order valence-electron chi connectivity index (χ4n) is 4.69. The van der Waals surface area contributed by atoms with Crippen molar-refractivity contribution in [3.05, 3.63) is 22.8 Å². The Bertz CT molecular complexity index is 730. The first-order chi connectivity index (χ1) is 13.5. The van der Waals surface area contributed by atoms with Crippen molar-refractivity contribution in [3.8, 4) is 0 Å². The van der Waals surface area contributed by atoms with Crippen molar-refractivity contribution < 1.29 is 9.59 Å². The van der Waals surface area contributed by atoms with Crippen LogP contribution in [0.5, 0.6) is 0 Å². The van der Waals surface area contributed by atoms with Crippen LogP contribution in [0, 0.1) is 19.8 Å². The number of hydrogen-bond acceptors (Lipinski definition) is 4. The van der Waals surface area contributed by atoms with Crippen molar-refractivity contribution in [1.82, 2.24) is 20.2 Å². The number of carbonyl (C=O) groups is 2. The topological polar surface area (TPSA) is 75.2 Å². The van der Waals surface area contributed by atoms with Gasteiger partial charge in [0.25, 0.3) is 0 Å². The average molecular weight is 385 g/mol. The summed E-state index contributed by atoms with van der Waals surface area (Å²) < 4.78 is 0. The van der Waals surface area contributed by atoms with Crippen molar-refractivity contribution in [1.29, 1.82) is 0 Å². The van der Waals surface area contributed by atoms with Crippen LogP contribution in [0.4, 0.5) is 0 Å². The highest BCUT2D eigenvalue weighted by molar-refractivity contribution is 5.81. The van der Waals surface area contributed by atoms with Gasteiger partial charge in [0.1, 0.15) is 5.82 Å². The van der Waals surface area contributed by atoms with Crippen molar-refractivity contribution in [2.24, 2.45) is 5.92 Å². The van der Waals surface area contributed by atoms with Gasteiger partial charge in [0, 0.05) is 47.9 Å². The number of hydrogen-bond donors (Lipinski definition) is 1. The monoisotopic (exact) mass is 384 g/mol. The van der Waals surface area contributed by atoms with E-state index in [1.165, 1.54) is 12.8 Å². The quantitative estimate of drug-likeness (QED) is 0.847. The zero-order chi connectivity index (χ0) is 19.7. The zero-order valence-electron chi connectivity index (χ0n) is 17.2. The summed E-state index contributed by atoms with van der Waals surface area (Å²) in [5, 5.41) is 3.16. The van der Waals surface area contributed by atoms with Crippen LogP contribution in [0.15, 0.2) is 0 Å². The van der Waals surface area contributed by atoms with E-state index in [1.807, 2.05) is 18.7 Å². The minimum atomic E-state index is 0.0771. The van der Waals surface area contributed by atoms with Crippen LogP contribution in [0.25, 0.3) is 0 Å². The molecule has 2 saturated carbocycles. The molecule has 6 heteroatoms. The molecule has 1 aromatic heterocycles. The number of aromatic nitrogens is 2. The summed E-state index contributed by atoms with van der Waals surface area (Å²) in [4.78, 5) is 36.4. The third kappa shape index (κ3) is 4.36. The molecule has 6 nitrogen and oxygen atoms in total. The number of piperidine rings is 1. The van der Waals surface area contributed by atoms with Crippen molar-refractivity contribution in [2.75, 3.05) is 13.1 Å². The molecule has 1 unspecified atom stereocenters. The van der Waals surface area contributed by atoms with E-state index in [-0.39, 0.29) is 17.7 Å². The largest absolute Gasteiger partial charge is 0.353 e. The van der Waals surface area contributed by atoms with Gasteiger partial charge in [0.05, 0.1) is 6.42 Å². The number of aryl methyl sites for hydroxylation is 2. The third-order valence-corrected chi connectivity index (χ3v) is 6.52. The maximum atomic E-state index is 12.4. The molecule has 2 aliphatic carbocycles. The van der Waals surface area contributed by atoms with Gasteiger partial charge in [-0.05, 0) is 52.4 Å². The standard InChI is InChI=1S/C22H32N4O2/c1-14-19(12-20(27)25-18-7-3-4-8-18)15(2)24-21(23-14)17-6-5-11-26(13-17)22(28)16-9-10-16/h16-18H,3-13H2,1-2H3,(H,25,27). The van der Waals surface area contributed by atoms with Gasteiger partial charge in [-0.25, -0.2) is 9.97 Å². The smallest absolute Gasteiger partial charge is 0.225 e. The molecule has 1 N–H and O–H groups in total. The molecular weight excluding hydrogens is 352 g/mol. The van der Waals surface area contributed by atoms with Gasteiger partial charge in [-0.15, -0.1) is 0 Å². The number of likely N-dealkylation sites (tertiary alicyclic amines) is 1. The molecule has 1 aliphatic heterocycles. The van der Waals surface area contributed by atoms with Crippen molar-refractivity contribution >= 4 is 11.8 Å². The predicted octanol–water partition coefficient (Wildman–Crippen LogP) is 2.81. The predicted molar refractivity (Wildman–Crippen MR) is 107 cm³/mol. The summed E-state index contributed by atoms with van der Waals surface area (Å²) in [6.45, 7) is 5.55. The summed E-state index contributed by atoms with van der Waals surface area (Å²) in [5.74, 6) is 1.70. The molecule has 28 heavy (non-hydrogen) atoms. The molecular formula is C22H32N4O2. The first-order valence-electron chi connectivity index (χ1n) is 10.9. The lowest BCUT2D eigenvalue weighted by Gasteiger charge is -2.32. The summed E-state index contributed by atoms with van der Waals surface area (Å²) in [6, 6.07) is 0.338. The van der Waals surface area contributed by atoms with Gasteiger partial charge in [-0.3, -0.25) is 9.59 Å². The molecule has 1 aromatic rings. The van der Waals surface area contributed by atoms with Crippen LogP contribution in [-0.4, -0.2) is 45.8 Å². The fraction of sp³-hybridized carbons (Fsp3) is 0.727. The van der Waals surface area contributed by atoms with E-state index in [1.54, 1.807) is 0 Å². The van der Waals surface area contributed by atoms with Crippen LogP contribution >= 0.6 is 0 Å². The SMILES string of the molecule is Cc1nc(C2CCCN(C(=O)C3CC3)C2)nc(C)c1CC(=O)NC1CCCC1. The minimum absolute atomic E-state index is 0.0771. The second-order valence-corrected chi connectivity index (χ2v) is 8.85. The molecule has 0 aromatic carbocycles. The lowest BCUT2D eigenvalue weighted by molar-refractivity contribution is -0.133. The Morgan fingerprint density at radius 3 is 2.32 bits per heavy atom. The van der Waals surface area contributed by atoms with E-state index in [4.69, 9.17) is 9.97 Å². The van der Waals surface area contributed by atoms with Crippen LogP contribution in [0.3, 0.4) is 0 Å². The molecule has 2 heterocycles. The zero-order valence-corrected chi connectivity index (χ0v) is 17.2. The van der Waals surface area contributed by atoms with Gasteiger partial charge in [0.2, 0.25) is 11.8 Å². The number of nitrogens with one attached hydrogen (secondary N) is 1. The van der Waals surface area contributed by atoms with Crippen molar-refractivity contribution in [3.63, 3.8) is 0 Å². The van der Waals surface area contributed by atoms with Gasteiger partial charge >= 0.3 is 0 Å². The van der Waals surface area contributed by atoms with E-state index < -0.39 is 0 Å². The Morgan fingerprint density at radius 2 is 1.68 bits per heavy atom. The lowest BCUT2D eigenvalue weighted by Crippen LogP contribution is -2.40. The van der Waals surface area contributed by atoms with E-state index in [2.05, 4.69) is 5.32 Å². The molecule has 0 bridgehead atoms. The lowest BCUT2D eigenvalue weighted by atomic mass is 9.96. The maximum absolute atomic E-state index is 12.4. The van der Waals surface area contributed by atoms with E-state index in [0.29, 0.717) is 18.4 Å². The maximum Gasteiger partial charge on any atom is 0.225 e. The van der Waals surface area contributed by atoms with Crippen LogP contribution < -0.4 is 5.32 Å². The normalized spacial score (nSPS) is 23.1. The van der Waals surface area contributed by atoms with Crippen molar-refractivity contribution in [2.45, 2.75) is 83.6 Å². The number of nitrogens with zero attached hydrogens (tertiary/aromatic N) is 3. The highest BCUT2D eigenvalue weighted by Crippen LogP contribution is 2.34. The first-order valence-corrected chi connectivity index (χ1v) is 10.9. The van der Waals surface area contributed by atoms with Gasteiger partial charge in [-0.2, -0.15) is 0 Å². The Balaban J connectivity index is 1.42. The van der Waals surface area contributed by atoms with Crippen LogP contribution in [-0.2, 0) is 16.0 Å². The molecule has 1 atom stereocenters. The van der Waals surface area contributed by atoms with E-state index >= 15 is 0 Å². The highest BCUT2D eigenvalue weighted by atomic mass is 16.2. The van der Waals surface area contributed by atoms with Crippen LogP contribution in [0.2, 0.25) is 0 Å². The molecule has 0 spiro atoms. The molecule has 3 fully saturated rings. The van der Waals surface area contributed by atoms with Gasteiger partial charge < -0.3 is 10.2 Å². The fourth-order valence-corrected chi connectivity index (χ4v) is 4.69. The Morgan fingerprint density at radius 1 is 1.00 bits per heavy atom. The van der Waals surface area contributed by atoms with Gasteiger partial charge in [0.15, 0.2) is 0 Å². The third-order valence-electron chi connectivity index (χ3n) is 6.52. The highest BCUT2D eigenvalue weighted by Gasteiger charge is 2.36. The average Bonchev–Trinajstić information content (AvgIpc) is 3.41. The second-order valence-electron chi connectivity index (χ2n) is 8.85. The second kappa shape index (κ2) is 8.18. The van der Waals surface area contributed by atoms with Gasteiger partial charge in [-0.1, -0.05) is 12.8 Å². The molecule has 0 radical (unpaired) electrons. The molecule has 3 aliphatic rings. The van der Waals surface area contributed by atoms with Crippen LogP contribution in [0.1, 0.15) is 80.1 Å². The molecule has 4 rings (SSSR count). The number of amides is 2. The molecule has 2 amide bonds. The number of rotatable bonds is 5. The first kappa shape index (κ1) is 19.3. The van der Waals surface area contributed by atoms with E-state index in [9.17, 15) is 9.59 Å². The Labute approximate surface area is 167 Å². The summed E-state index contributed by atoms with van der Waals surface area (Å²) in [5.41, 5.74) is 2.74. The van der Waals surface area contributed by atoms with E-state index in [0.717, 1.165) is 74.4 Å². The summed E-state index contributed by atoms with van der Waals surface area (Å²) in [7, 11) is 0. The molecule has 152 valence electrons. The summed E-state index contributed by atoms with van der Waals surface area (Å²) in [6.07, 6.45) is 9.09. The number of carbonyl (C=O) groups excluding carboxylic acids is 2. The molecule has 1 saturated heterocycles. The Hall–Kier alpha value is -1.98. The minimum Gasteiger partial charge on any atom is -0.353 e. The Kier molecular flexibility index (Phi) is 5.65.